The fourth-order valence-electron chi connectivity index (χ4n) is 3.76. The number of hydrogen-bond donors (Lipinski definition) is 1. The quantitative estimate of drug-likeness (QED) is 0.686. The number of nitrogens with zero attached hydrogens (tertiary/aromatic N) is 4. The number of carbonyl (C=O) groups is 2. The van der Waals surface area contributed by atoms with Crippen molar-refractivity contribution in [3.05, 3.63) is 89.0 Å². The zero-order chi connectivity index (χ0) is 21.8. The van der Waals surface area contributed by atoms with Gasteiger partial charge in [0.15, 0.2) is 0 Å². The highest BCUT2D eigenvalue weighted by Crippen LogP contribution is 2.32. The molecule has 158 valence electrons. The second kappa shape index (κ2) is 8.99. The number of hydrogen-bond acceptors (Lipinski definition) is 5. The Balaban J connectivity index is 1.46. The molecule has 4 rings (SSSR count). The van der Waals surface area contributed by atoms with Crippen LogP contribution in [0, 0.1) is 12.7 Å². The molecule has 0 radical (unpaired) electrons. The largest absolute Gasteiger partial charge is 0.348 e. The molecule has 0 unspecified atom stereocenters. The fraction of sp³-hybridized carbons (Fsp3) is 0.261. The van der Waals surface area contributed by atoms with Gasteiger partial charge in [-0.15, -0.1) is 0 Å². The van der Waals surface area contributed by atoms with Crippen LogP contribution in [0.1, 0.15) is 56.7 Å². The van der Waals surface area contributed by atoms with Crippen molar-refractivity contribution in [3.63, 3.8) is 0 Å². The van der Waals surface area contributed by atoms with E-state index in [1.165, 1.54) is 30.7 Å². The Kier molecular flexibility index (Phi) is 5.97. The first-order chi connectivity index (χ1) is 15.0. The highest BCUT2D eigenvalue weighted by molar-refractivity contribution is 5.95. The van der Waals surface area contributed by atoms with Crippen LogP contribution in [-0.2, 0) is 6.54 Å². The summed E-state index contributed by atoms with van der Waals surface area (Å²) in [6.07, 6.45) is 6.17. The Morgan fingerprint density at radius 3 is 2.68 bits per heavy atom. The van der Waals surface area contributed by atoms with E-state index in [2.05, 4.69) is 20.3 Å². The van der Waals surface area contributed by atoms with Gasteiger partial charge in [0.05, 0.1) is 29.2 Å². The summed E-state index contributed by atoms with van der Waals surface area (Å²) >= 11 is 0. The SMILES string of the molecule is Cc1nc([C@H]2CCCN2C(=O)c2cnccn2)ccc1C(=O)NCc1ccc(F)cc1. The number of pyridine rings is 1. The molecular weight excluding hydrogens is 397 g/mol. The van der Waals surface area contributed by atoms with Crippen LogP contribution in [-0.4, -0.2) is 38.2 Å². The first kappa shape index (κ1) is 20.6. The molecule has 7 nitrogen and oxygen atoms in total. The molecule has 1 N–H and O–H groups in total. The number of benzene rings is 1. The van der Waals surface area contributed by atoms with Crippen LogP contribution < -0.4 is 5.32 Å². The third-order valence-electron chi connectivity index (χ3n) is 5.36. The summed E-state index contributed by atoms with van der Waals surface area (Å²) in [6, 6.07) is 9.36. The van der Waals surface area contributed by atoms with Gasteiger partial charge in [-0.25, -0.2) is 9.37 Å². The van der Waals surface area contributed by atoms with Crippen LogP contribution in [0.25, 0.3) is 0 Å². The molecule has 1 aliphatic heterocycles. The van der Waals surface area contributed by atoms with Crippen molar-refractivity contribution in [3.8, 4) is 0 Å². The Morgan fingerprint density at radius 2 is 1.97 bits per heavy atom. The van der Waals surface area contributed by atoms with E-state index in [0.717, 1.165) is 24.1 Å². The molecule has 1 aliphatic rings. The lowest BCUT2D eigenvalue weighted by Crippen LogP contribution is -2.32. The number of rotatable bonds is 5. The summed E-state index contributed by atoms with van der Waals surface area (Å²) in [6.45, 7) is 2.70. The minimum atomic E-state index is -0.315. The number of halogens is 1. The van der Waals surface area contributed by atoms with Crippen molar-refractivity contribution in [1.82, 2.24) is 25.2 Å². The van der Waals surface area contributed by atoms with Gasteiger partial charge >= 0.3 is 0 Å². The summed E-state index contributed by atoms with van der Waals surface area (Å²) in [5, 5.41) is 2.83. The smallest absolute Gasteiger partial charge is 0.274 e. The van der Waals surface area contributed by atoms with E-state index in [1.807, 2.05) is 0 Å². The molecule has 31 heavy (non-hydrogen) atoms. The lowest BCUT2D eigenvalue weighted by atomic mass is 10.1. The standard InChI is InChI=1S/C23H22FN5O2/c1-15-18(22(30)27-13-16-4-6-17(24)7-5-16)8-9-19(28-15)21-3-2-12-29(21)23(31)20-14-25-10-11-26-20/h4-11,14,21H,2-3,12-13H2,1H3,(H,27,30)/t21-/m1/s1. The number of amides is 2. The average Bonchev–Trinajstić information content (AvgIpc) is 3.28. The molecule has 0 saturated carbocycles. The number of likely N-dealkylation sites (tertiary alicyclic amines) is 1. The Hall–Kier alpha value is -3.68. The van der Waals surface area contributed by atoms with Gasteiger partial charge in [-0.2, -0.15) is 0 Å². The van der Waals surface area contributed by atoms with Gasteiger partial charge in [0.1, 0.15) is 11.5 Å². The molecule has 1 atom stereocenters. The summed E-state index contributed by atoms with van der Waals surface area (Å²) < 4.78 is 13.0. The van der Waals surface area contributed by atoms with Gasteiger partial charge in [-0.05, 0) is 49.6 Å². The monoisotopic (exact) mass is 419 g/mol. The molecule has 3 heterocycles. The molecule has 8 heteroatoms. The van der Waals surface area contributed by atoms with E-state index in [4.69, 9.17) is 0 Å². The predicted molar refractivity (Wildman–Crippen MR) is 112 cm³/mol. The summed E-state index contributed by atoms with van der Waals surface area (Å²) in [4.78, 5) is 39.9. The zero-order valence-electron chi connectivity index (χ0n) is 17.1. The zero-order valence-corrected chi connectivity index (χ0v) is 17.1. The number of aryl methyl sites for hydroxylation is 1. The van der Waals surface area contributed by atoms with Gasteiger partial charge in [0.25, 0.3) is 11.8 Å². The molecule has 0 aliphatic carbocycles. The Morgan fingerprint density at radius 1 is 1.16 bits per heavy atom. The summed E-state index contributed by atoms with van der Waals surface area (Å²) in [7, 11) is 0. The molecule has 1 fully saturated rings. The van der Waals surface area contributed by atoms with Crippen LogP contribution in [0.15, 0.2) is 55.0 Å². The molecule has 1 aromatic carbocycles. The van der Waals surface area contributed by atoms with Crippen molar-refractivity contribution < 1.29 is 14.0 Å². The lowest BCUT2D eigenvalue weighted by Gasteiger charge is -2.24. The fourth-order valence-corrected chi connectivity index (χ4v) is 3.76. The first-order valence-corrected chi connectivity index (χ1v) is 10.1. The van der Waals surface area contributed by atoms with E-state index in [0.29, 0.717) is 30.0 Å². The first-order valence-electron chi connectivity index (χ1n) is 10.1. The molecule has 1 saturated heterocycles. The highest BCUT2D eigenvalue weighted by Gasteiger charge is 2.32. The van der Waals surface area contributed by atoms with E-state index in [-0.39, 0.29) is 23.7 Å². The average molecular weight is 419 g/mol. The second-order valence-electron chi connectivity index (χ2n) is 7.43. The van der Waals surface area contributed by atoms with Crippen molar-refractivity contribution >= 4 is 11.8 Å². The van der Waals surface area contributed by atoms with Crippen molar-refractivity contribution in [2.75, 3.05) is 6.54 Å². The van der Waals surface area contributed by atoms with Crippen LogP contribution in [0.4, 0.5) is 4.39 Å². The van der Waals surface area contributed by atoms with Gasteiger partial charge in [0, 0.05) is 25.5 Å². The van der Waals surface area contributed by atoms with Crippen molar-refractivity contribution in [2.24, 2.45) is 0 Å². The molecule has 2 amide bonds. The number of nitrogens with one attached hydrogen (secondary N) is 1. The molecule has 0 spiro atoms. The van der Waals surface area contributed by atoms with E-state index >= 15 is 0 Å². The number of aromatic nitrogens is 3. The second-order valence-corrected chi connectivity index (χ2v) is 7.43. The van der Waals surface area contributed by atoms with Crippen LogP contribution in [0.2, 0.25) is 0 Å². The van der Waals surface area contributed by atoms with E-state index in [9.17, 15) is 14.0 Å². The maximum absolute atomic E-state index is 13.0. The maximum Gasteiger partial charge on any atom is 0.274 e. The predicted octanol–water partition coefficient (Wildman–Crippen LogP) is 3.23. The maximum atomic E-state index is 13.0. The molecule has 0 bridgehead atoms. The molecule has 3 aromatic rings. The third kappa shape index (κ3) is 4.58. The lowest BCUT2D eigenvalue weighted by molar-refractivity contribution is 0.0725. The summed E-state index contributed by atoms with van der Waals surface area (Å²) in [5.41, 5.74) is 2.93. The Labute approximate surface area is 179 Å². The minimum Gasteiger partial charge on any atom is -0.348 e. The van der Waals surface area contributed by atoms with Crippen LogP contribution >= 0.6 is 0 Å². The highest BCUT2D eigenvalue weighted by atomic mass is 19.1. The van der Waals surface area contributed by atoms with E-state index in [1.54, 1.807) is 36.1 Å². The third-order valence-corrected chi connectivity index (χ3v) is 5.36. The topological polar surface area (TPSA) is 88.1 Å². The molecular formula is C23H22FN5O2. The van der Waals surface area contributed by atoms with Gasteiger partial charge in [0.2, 0.25) is 0 Å². The number of carbonyl (C=O) groups excluding carboxylic acids is 2. The summed E-state index contributed by atoms with van der Waals surface area (Å²) in [5.74, 6) is -0.736. The van der Waals surface area contributed by atoms with Gasteiger partial charge in [-0.1, -0.05) is 12.1 Å². The Bertz CT molecular complexity index is 1090. The van der Waals surface area contributed by atoms with Crippen molar-refractivity contribution in [2.45, 2.75) is 32.4 Å². The molecule has 2 aromatic heterocycles. The van der Waals surface area contributed by atoms with Gasteiger partial charge in [-0.3, -0.25) is 19.6 Å². The van der Waals surface area contributed by atoms with Crippen molar-refractivity contribution in [1.29, 1.82) is 0 Å². The van der Waals surface area contributed by atoms with Crippen LogP contribution in [0.5, 0.6) is 0 Å². The van der Waals surface area contributed by atoms with Gasteiger partial charge < -0.3 is 10.2 Å². The minimum absolute atomic E-state index is 0.162. The van der Waals surface area contributed by atoms with E-state index < -0.39 is 0 Å². The van der Waals surface area contributed by atoms with Crippen LogP contribution in [0.3, 0.4) is 0 Å². The normalized spacial score (nSPS) is 15.7.